The van der Waals surface area contributed by atoms with Crippen LogP contribution in [0, 0.1) is 5.41 Å². The molecule has 2 atom stereocenters. The van der Waals surface area contributed by atoms with Gasteiger partial charge in [0.25, 0.3) is 0 Å². The Labute approximate surface area is 163 Å². The molecule has 0 amide bonds. The third-order valence-corrected chi connectivity index (χ3v) is 6.62. The third-order valence-electron chi connectivity index (χ3n) is 6.62. The highest BCUT2D eigenvalue weighted by atomic mass is 14.5. The van der Waals surface area contributed by atoms with Gasteiger partial charge in [0.2, 0.25) is 0 Å². The summed E-state index contributed by atoms with van der Waals surface area (Å²) in [4.78, 5) is 0. The minimum Gasteiger partial charge on any atom is -0.0776 e. The fourth-order valence-electron chi connectivity index (χ4n) is 5.19. The molecule has 0 nitrogen and oxygen atoms in total. The van der Waals surface area contributed by atoms with Gasteiger partial charge in [0.05, 0.1) is 0 Å². The number of allylic oxidation sites excluding steroid dienone is 1. The first-order chi connectivity index (χ1) is 12.8. The molecule has 0 aromatic heterocycles. The Morgan fingerprint density at radius 3 is 2.22 bits per heavy atom. The first kappa shape index (κ1) is 17.8. The number of benzene rings is 3. The maximum Gasteiger partial charge on any atom is 0.00653 e. The van der Waals surface area contributed by atoms with Crippen LogP contribution in [0.5, 0.6) is 0 Å². The van der Waals surface area contributed by atoms with Gasteiger partial charge in [0.15, 0.2) is 0 Å². The molecule has 2 aliphatic carbocycles. The van der Waals surface area contributed by atoms with Gasteiger partial charge >= 0.3 is 0 Å². The van der Waals surface area contributed by atoms with Crippen molar-refractivity contribution in [3.63, 3.8) is 0 Å². The summed E-state index contributed by atoms with van der Waals surface area (Å²) < 4.78 is 0. The lowest BCUT2D eigenvalue weighted by Gasteiger charge is -2.36. The van der Waals surface area contributed by atoms with E-state index in [-0.39, 0.29) is 12.8 Å². The third kappa shape index (κ3) is 2.84. The molecular formula is C27H28. The van der Waals surface area contributed by atoms with Crippen molar-refractivity contribution in [3.8, 4) is 0 Å². The smallest absolute Gasteiger partial charge is 0.00653 e. The van der Waals surface area contributed by atoms with E-state index in [2.05, 4.69) is 91.9 Å². The van der Waals surface area contributed by atoms with Gasteiger partial charge in [-0.25, -0.2) is 0 Å². The first-order valence-electron chi connectivity index (χ1n) is 9.67. The Balaban J connectivity index is 0.00000180. The van der Waals surface area contributed by atoms with Crippen LogP contribution in [0.3, 0.4) is 0 Å². The van der Waals surface area contributed by atoms with Crippen LogP contribution in [0.25, 0.3) is 6.08 Å². The van der Waals surface area contributed by atoms with E-state index in [1.807, 2.05) is 0 Å². The van der Waals surface area contributed by atoms with E-state index >= 15 is 0 Å². The second-order valence-corrected chi connectivity index (χ2v) is 7.96. The SMILES string of the molecule is C.CC1c2ccccc2CC1(Cc1ccccc1)C1=Cc2ccccc2C1. The lowest BCUT2D eigenvalue weighted by molar-refractivity contribution is 0.314. The number of rotatable bonds is 3. The lowest BCUT2D eigenvalue weighted by Crippen LogP contribution is -2.30. The van der Waals surface area contributed by atoms with Gasteiger partial charge in [0, 0.05) is 5.41 Å². The predicted molar refractivity (Wildman–Crippen MR) is 116 cm³/mol. The summed E-state index contributed by atoms with van der Waals surface area (Å²) in [5.41, 5.74) is 9.23. The van der Waals surface area contributed by atoms with Crippen LogP contribution in [-0.4, -0.2) is 0 Å². The van der Waals surface area contributed by atoms with Crippen molar-refractivity contribution in [1.82, 2.24) is 0 Å². The molecule has 0 N–H and O–H groups in total. The summed E-state index contributed by atoms with van der Waals surface area (Å²) in [6.07, 6.45) is 5.85. The monoisotopic (exact) mass is 352 g/mol. The van der Waals surface area contributed by atoms with Crippen molar-refractivity contribution in [2.24, 2.45) is 5.41 Å². The van der Waals surface area contributed by atoms with E-state index in [1.54, 1.807) is 11.1 Å². The van der Waals surface area contributed by atoms with Crippen LogP contribution in [-0.2, 0) is 19.3 Å². The standard InChI is InChI=1S/C26H24.CH4/c1-19-25-14-8-7-13-23(25)18-26(19,17-20-9-3-2-4-10-20)24-15-21-11-5-6-12-22(21)16-24;/h2-15,19H,16-18H2,1H3;1H4. The molecule has 5 rings (SSSR count). The molecule has 0 saturated carbocycles. The molecule has 0 fully saturated rings. The van der Waals surface area contributed by atoms with Gasteiger partial charge in [-0.15, -0.1) is 0 Å². The van der Waals surface area contributed by atoms with E-state index in [9.17, 15) is 0 Å². The summed E-state index contributed by atoms with van der Waals surface area (Å²) >= 11 is 0. The van der Waals surface area contributed by atoms with Crippen molar-refractivity contribution in [1.29, 1.82) is 0 Å². The van der Waals surface area contributed by atoms with Crippen LogP contribution >= 0.6 is 0 Å². The largest absolute Gasteiger partial charge is 0.0776 e. The lowest BCUT2D eigenvalue weighted by atomic mass is 9.67. The van der Waals surface area contributed by atoms with Gasteiger partial charge in [-0.05, 0) is 53.0 Å². The van der Waals surface area contributed by atoms with Gasteiger partial charge in [-0.1, -0.05) is 105 Å². The van der Waals surface area contributed by atoms with Gasteiger partial charge in [-0.3, -0.25) is 0 Å². The molecular weight excluding hydrogens is 324 g/mol. The molecule has 27 heavy (non-hydrogen) atoms. The van der Waals surface area contributed by atoms with Crippen molar-refractivity contribution >= 4 is 6.08 Å². The molecule has 3 aromatic rings. The fourth-order valence-corrected chi connectivity index (χ4v) is 5.19. The molecule has 2 aliphatic rings. The maximum atomic E-state index is 2.49. The van der Waals surface area contributed by atoms with Crippen molar-refractivity contribution in [3.05, 3.63) is 112 Å². The van der Waals surface area contributed by atoms with E-state index in [0.29, 0.717) is 5.92 Å². The predicted octanol–water partition coefficient (Wildman–Crippen LogP) is 6.85. The highest BCUT2D eigenvalue weighted by Crippen LogP contribution is 2.55. The zero-order chi connectivity index (χ0) is 17.6. The maximum absolute atomic E-state index is 2.49. The number of hydrogen-bond donors (Lipinski definition) is 0. The number of hydrogen-bond acceptors (Lipinski definition) is 0. The average Bonchev–Trinajstić information content (AvgIpc) is 3.23. The Morgan fingerprint density at radius 2 is 1.48 bits per heavy atom. The molecule has 0 spiro atoms. The molecule has 3 aromatic carbocycles. The molecule has 0 radical (unpaired) electrons. The minimum absolute atomic E-state index is 0. The zero-order valence-corrected chi connectivity index (χ0v) is 15.3. The minimum atomic E-state index is 0. The van der Waals surface area contributed by atoms with Crippen LogP contribution in [0.1, 0.15) is 48.1 Å². The summed E-state index contributed by atoms with van der Waals surface area (Å²) in [7, 11) is 0. The first-order valence-corrected chi connectivity index (χ1v) is 9.67. The molecule has 0 aliphatic heterocycles. The summed E-state index contributed by atoms with van der Waals surface area (Å²) in [6.45, 7) is 2.44. The van der Waals surface area contributed by atoms with E-state index < -0.39 is 0 Å². The molecule has 2 unspecified atom stereocenters. The summed E-state index contributed by atoms with van der Waals surface area (Å²) in [6, 6.07) is 29.0. The summed E-state index contributed by atoms with van der Waals surface area (Å²) in [5.74, 6) is 0.541. The quantitative estimate of drug-likeness (QED) is 0.483. The average molecular weight is 353 g/mol. The fraction of sp³-hybridized carbons (Fsp3) is 0.259. The second-order valence-electron chi connectivity index (χ2n) is 7.96. The van der Waals surface area contributed by atoms with Gasteiger partial charge in [0.1, 0.15) is 0 Å². The van der Waals surface area contributed by atoms with Crippen molar-refractivity contribution < 1.29 is 0 Å². The topological polar surface area (TPSA) is 0 Å². The van der Waals surface area contributed by atoms with Crippen LogP contribution in [0.15, 0.2) is 84.4 Å². The van der Waals surface area contributed by atoms with E-state index in [0.717, 1.165) is 19.3 Å². The Kier molecular flexibility index (Phi) is 4.52. The molecule has 0 saturated heterocycles. The Hall–Kier alpha value is -2.60. The zero-order valence-electron chi connectivity index (χ0n) is 15.3. The van der Waals surface area contributed by atoms with Crippen molar-refractivity contribution in [2.75, 3.05) is 0 Å². The van der Waals surface area contributed by atoms with E-state index in [1.165, 1.54) is 22.3 Å². The number of fused-ring (bicyclic) bond motifs is 2. The Morgan fingerprint density at radius 1 is 0.815 bits per heavy atom. The van der Waals surface area contributed by atoms with Crippen LogP contribution in [0.4, 0.5) is 0 Å². The highest BCUT2D eigenvalue weighted by Gasteiger charge is 2.46. The van der Waals surface area contributed by atoms with Gasteiger partial charge in [-0.2, -0.15) is 0 Å². The second kappa shape index (κ2) is 6.85. The molecule has 0 heteroatoms. The van der Waals surface area contributed by atoms with Crippen LogP contribution in [0.2, 0.25) is 0 Å². The molecule has 136 valence electrons. The van der Waals surface area contributed by atoms with Gasteiger partial charge < -0.3 is 0 Å². The Bertz CT molecular complexity index is 980. The summed E-state index contributed by atoms with van der Waals surface area (Å²) in [5, 5.41) is 0. The van der Waals surface area contributed by atoms with E-state index in [4.69, 9.17) is 0 Å². The molecule has 0 heterocycles. The highest BCUT2D eigenvalue weighted by molar-refractivity contribution is 5.66. The molecule has 0 bridgehead atoms. The normalized spacial score (nSPS) is 22.6. The van der Waals surface area contributed by atoms with Crippen LogP contribution < -0.4 is 0 Å². The van der Waals surface area contributed by atoms with Crippen molar-refractivity contribution in [2.45, 2.75) is 39.5 Å².